The zero-order valence-electron chi connectivity index (χ0n) is 15.9. The van der Waals surface area contributed by atoms with E-state index in [-0.39, 0.29) is 11.9 Å². The minimum Gasteiger partial charge on any atom is -0.362 e. The number of fused-ring (bicyclic) bond motifs is 1. The lowest BCUT2D eigenvalue weighted by Gasteiger charge is -2.32. The Morgan fingerprint density at radius 3 is 2.78 bits per heavy atom. The quantitative estimate of drug-likeness (QED) is 0.828. The highest BCUT2D eigenvalue weighted by Crippen LogP contribution is 2.28. The fourth-order valence-electron chi connectivity index (χ4n) is 3.68. The van der Waals surface area contributed by atoms with Crippen molar-refractivity contribution in [3.8, 4) is 11.5 Å². The number of carbonyl (C=O) groups excluding carboxylic acids is 1. The zero-order valence-corrected chi connectivity index (χ0v) is 15.9. The first kappa shape index (κ1) is 17.8. The number of carbonyl (C=O) groups is 1. The van der Waals surface area contributed by atoms with Gasteiger partial charge in [-0.2, -0.15) is 0 Å². The summed E-state index contributed by atoms with van der Waals surface area (Å²) < 4.78 is 0. The molecular weight excluding hydrogens is 342 g/mol. The van der Waals surface area contributed by atoms with Gasteiger partial charge in [0.2, 0.25) is 5.91 Å². The van der Waals surface area contributed by atoms with Crippen molar-refractivity contribution in [2.75, 3.05) is 25.5 Å². The van der Waals surface area contributed by atoms with E-state index >= 15 is 0 Å². The monoisotopic (exact) mass is 367 g/mol. The Hall–Kier alpha value is -2.58. The van der Waals surface area contributed by atoms with Crippen LogP contribution in [0, 0.1) is 0 Å². The first-order valence-corrected chi connectivity index (χ1v) is 9.31. The maximum atomic E-state index is 12.9. The number of hydrogen-bond donors (Lipinski definition) is 2. The van der Waals surface area contributed by atoms with Crippen LogP contribution >= 0.6 is 0 Å². The zero-order chi connectivity index (χ0) is 19.0. The van der Waals surface area contributed by atoms with Gasteiger partial charge in [-0.15, -0.1) is 0 Å². The smallest absolute Gasteiger partial charge is 0.241 e. The molecule has 2 unspecified atom stereocenters. The highest BCUT2D eigenvalue weighted by Gasteiger charge is 2.33. The number of anilines is 1. The van der Waals surface area contributed by atoms with E-state index in [1.54, 1.807) is 6.20 Å². The van der Waals surface area contributed by atoms with Crippen LogP contribution < -0.4 is 15.8 Å². The molecule has 4 rings (SSSR count). The van der Waals surface area contributed by atoms with Crippen molar-refractivity contribution in [3.63, 3.8) is 0 Å². The van der Waals surface area contributed by atoms with Gasteiger partial charge in [0, 0.05) is 38.4 Å². The molecule has 2 aliphatic rings. The average Bonchev–Trinajstić information content (AvgIpc) is 3.13. The van der Waals surface area contributed by atoms with Crippen LogP contribution in [0.3, 0.4) is 0 Å². The predicted octanol–water partition coefficient (Wildman–Crippen LogP) is 0.744. The van der Waals surface area contributed by atoms with Crippen molar-refractivity contribution in [3.05, 3.63) is 35.7 Å². The average molecular weight is 367 g/mol. The molecule has 2 aliphatic heterocycles. The standard InChI is InChI=1S/C19H25N7O/c1-12-10-15(24-23-12)19(27)26-9-7-13-16(11-26)21-17(22-18(13)25(2)3)14-6-4-5-8-20-14/h4-6,8,12,15,23-24H,7,9-11H2,1-3H3. The number of rotatable bonds is 3. The first-order chi connectivity index (χ1) is 13.0. The van der Waals surface area contributed by atoms with Crippen molar-refractivity contribution in [1.29, 1.82) is 0 Å². The molecule has 8 nitrogen and oxygen atoms in total. The van der Waals surface area contributed by atoms with Crippen LogP contribution in [0.1, 0.15) is 24.6 Å². The molecule has 2 N–H and O–H groups in total. The van der Waals surface area contributed by atoms with E-state index < -0.39 is 0 Å². The molecule has 2 aromatic heterocycles. The normalized spacial score (nSPS) is 21.8. The summed E-state index contributed by atoms with van der Waals surface area (Å²) in [5.41, 5.74) is 9.00. The summed E-state index contributed by atoms with van der Waals surface area (Å²) in [6.07, 6.45) is 3.30. The molecule has 1 amide bonds. The first-order valence-electron chi connectivity index (χ1n) is 9.31. The van der Waals surface area contributed by atoms with Crippen molar-refractivity contribution < 1.29 is 4.79 Å². The molecule has 1 saturated heterocycles. The Morgan fingerprint density at radius 1 is 1.26 bits per heavy atom. The Balaban J connectivity index is 1.65. The number of nitrogens with zero attached hydrogens (tertiary/aromatic N) is 5. The Kier molecular flexibility index (Phi) is 4.75. The second-order valence-electron chi connectivity index (χ2n) is 7.39. The van der Waals surface area contributed by atoms with Crippen molar-refractivity contribution in [1.82, 2.24) is 30.7 Å². The van der Waals surface area contributed by atoms with Crippen LogP contribution in [0.2, 0.25) is 0 Å². The maximum absolute atomic E-state index is 12.9. The molecule has 142 valence electrons. The topological polar surface area (TPSA) is 86.3 Å². The third-order valence-corrected chi connectivity index (χ3v) is 5.06. The molecule has 0 saturated carbocycles. The van der Waals surface area contributed by atoms with Gasteiger partial charge in [-0.05, 0) is 31.9 Å². The maximum Gasteiger partial charge on any atom is 0.241 e. The third-order valence-electron chi connectivity index (χ3n) is 5.06. The van der Waals surface area contributed by atoms with Gasteiger partial charge in [0.25, 0.3) is 0 Å². The van der Waals surface area contributed by atoms with E-state index in [4.69, 9.17) is 9.97 Å². The van der Waals surface area contributed by atoms with E-state index in [2.05, 4.69) is 22.8 Å². The molecule has 27 heavy (non-hydrogen) atoms. The molecule has 0 bridgehead atoms. The van der Waals surface area contributed by atoms with Gasteiger partial charge in [0.05, 0.1) is 12.2 Å². The van der Waals surface area contributed by atoms with Crippen molar-refractivity contribution >= 4 is 11.7 Å². The second-order valence-corrected chi connectivity index (χ2v) is 7.39. The fourth-order valence-corrected chi connectivity index (χ4v) is 3.68. The highest BCUT2D eigenvalue weighted by molar-refractivity contribution is 5.82. The third kappa shape index (κ3) is 3.50. The number of hydrazine groups is 1. The van der Waals surface area contributed by atoms with Gasteiger partial charge >= 0.3 is 0 Å². The summed E-state index contributed by atoms with van der Waals surface area (Å²) >= 11 is 0. The predicted molar refractivity (Wildman–Crippen MR) is 103 cm³/mol. The van der Waals surface area contributed by atoms with Crippen LogP contribution in [0.25, 0.3) is 11.5 Å². The fraction of sp³-hybridized carbons (Fsp3) is 0.474. The molecule has 8 heteroatoms. The van der Waals surface area contributed by atoms with Gasteiger partial charge in [-0.3, -0.25) is 15.2 Å². The minimum atomic E-state index is -0.174. The minimum absolute atomic E-state index is 0.127. The summed E-state index contributed by atoms with van der Waals surface area (Å²) in [4.78, 5) is 30.7. The Labute approximate surface area is 159 Å². The van der Waals surface area contributed by atoms with E-state index in [1.807, 2.05) is 42.1 Å². The number of amides is 1. The molecule has 0 aromatic carbocycles. The van der Waals surface area contributed by atoms with Gasteiger partial charge < -0.3 is 9.80 Å². The molecule has 4 heterocycles. The number of hydrogen-bond acceptors (Lipinski definition) is 7. The summed E-state index contributed by atoms with van der Waals surface area (Å²) in [5.74, 6) is 1.63. The largest absolute Gasteiger partial charge is 0.362 e. The van der Waals surface area contributed by atoms with Crippen LogP contribution in [-0.2, 0) is 17.8 Å². The molecule has 0 spiro atoms. The summed E-state index contributed by atoms with van der Waals surface area (Å²) in [7, 11) is 3.97. The molecule has 1 fully saturated rings. The van der Waals surface area contributed by atoms with Gasteiger partial charge in [-0.25, -0.2) is 15.4 Å². The SMILES string of the molecule is CC1CC(C(=O)N2CCc3c(nc(-c4ccccn4)nc3N(C)C)C2)NN1. The van der Waals surface area contributed by atoms with Gasteiger partial charge in [0.15, 0.2) is 5.82 Å². The lowest BCUT2D eigenvalue weighted by molar-refractivity contribution is -0.134. The van der Waals surface area contributed by atoms with Crippen LogP contribution in [0.5, 0.6) is 0 Å². The highest BCUT2D eigenvalue weighted by atomic mass is 16.2. The summed E-state index contributed by atoms with van der Waals surface area (Å²) in [5, 5.41) is 0. The Morgan fingerprint density at radius 2 is 2.11 bits per heavy atom. The van der Waals surface area contributed by atoms with E-state index in [0.29, 0.717) is 25.0 Å². The molecular formula is C19H25N7O. The van der Waals surface area contributed by atoms with Crippen LogP contribution in [-0.4, -0.2) is 58.5 Å². The van der Waals surface area contributed by atoms with E-state index in [9.17, 15) is 4.79 Å². The van der Waals surface area contributed by atoms with E-state index in [0.717, 1.165) is 35.6 Å². The number of pyridine rings is 1. The van der Waals surface area contributed by atoms with Gasteiger partial charge in [0.1, 0.15) is 17.6 Å². The number of aromatic nitrogens is 3. The molecule has 2 aromatic rings. The van der Waals surface area contributed by atoms with Crippen molar-refractivity contribution in [2.45, 2.75) is 38.4 Å². The van der Waals surface area contributed by atoms with Crippen molar-refractivity contribution in [2.24, 2.45) is 0 Å². The lowest BCUT2D eigenvalue weighted by atomic mass is 10.0. The molecule has 0 radical (unpaired) electrons. The Bertz CT molecular complexity index is 839. The van der Waals surface area contributed by atoms with E-state index in [1.165, 1.54) is 0 Å². The second kappa shape index (κ2) is 7.21. The molecule has 2 atom stereocenters. The summed E-state index contributed by atoms with van der Waals surface area (Å²) in [6.45, 7) is 3.26. The number of nitrogens with one attached hydrogen (secondary N) is 2. The van der Waals surface area contributed by atoms with Crippen LogP contribution in [0.15, 0.2) is 24.4 Å². The molecule has 0 aliphatic carbocycles. The van der Waals surface area contributed by atoms with Gasteiger partial charge in [-0.1, -0.05) is 6.07 Å². The van der Waals surface area contributed by atoms with Crippen LogP contribution in [0.4, 0.5) is 5.82 Å². The lowest BCUT2D eigenvalue weighted by Crippen LogP contribution is -2.47. The summed E-state index contributed by atoms with van der Waals surface area (Å²) in [6, 6.07) is 5.83.